The van der Waals surface area contributed by atoms with Gasteiger partial charge in [0.2, 0.25) is 5.91 Å². The zero-order valence-corrected chi connectivity index (χ0v) is 20.0. The minimum absolute atomic E-state index is 0.00415. The maximum Gasteiger partial charge on any atom is 0.319 e. The van der Waals surface area contributed by atoms with Crippen LogP contribution in [0.3, 0.4) is 0 Å². The highest BCUT2D eigenvalue weighted by Crippen LogP contribution is 2.22. The van der Waals surface area contributed by atoms with E-state index in [0.717, 1.165) is 5.56 Å². The maximum absolute atomic E-state index is 12.9. The SMILES string of the molecule is C=CCNC(=O)Nc1ccc(NC(=O)C(NC(=O)c2ccc(C(C)(C)C)cc2)C(C)C)cc1. The Morgan fingerprint density at radius 1 is 0.909 bits per heavy atom. The molecule has 1 atom stereocenters. The summed E-state index contributed by atoms with van der Waals surface area (Å²) in [6, 6.07) is 13.1. The molecule has 0 saturated carbocycles. The maximum atomic E-state index is 12.9. The van der Waals surface area contributed by atoms with E-state index in [9.17, 15) is 14.4 Å². The Morgan fingerprint density at radius 2 is 1.45 bits per heavy atom. The second kappa shape index (κ2) is 11.3. The molecule has 1 unspecified atom stereocenters. The van der Waals surface area contributed by atoms with Crippen LogP contribution in [-0.4, -0.2) is 30.4 Å². The highest BCUT2D eigenvalue weighted by atomic mass is 16.2. The lowest BCUT2D eigenvalue weighted by atomic mass is 9.86. The Balaban J connectivity index is 2.01. The van der Waals surface area contributed by atoms with Gasteiger partial charge in [0.1, 0.15) is 6.04 Å². The minimum atomic E-state index is -0.706. The van der Waals surface area contributed by atoms with E-state index >= 15 is 0 Å². The summed E-state index contributed by atoms with van der Waals surface area (Å²) in [6.45, 7) is 14.0. The molecule has 4 N–H and O–H groups in total. The van der Waals surface area contributed by atoms with Crippen molar-refractivity contribution in [3.8, 4) is 0 Å². The number of anilines is 2. The molecule has 0 aliphatic carbocycles. The zero-order valence-electron chi connectivity index (χ0n) is 20.0. The standard InChI is InChI=1S/C26H34N4O3/c1-7-16-27-25(33)29-21-14-12-20(13-15-21)28-24(32)22(17(2)3)30-23(31)18-8-10-19(11-9-18)26(4,5)6/h7-15,17,22H,1,16H2,2-6H3,(H,28,32)(H,30,31)(H2,27,29,33). The fraction of sp³-hybridized carbons (Fsp3) is 0.346. The molecule has 176 valence electrons. The van der Waals surface area contributed by atoms with E-state index in [1.165, 1.54) is 0 Å². The van der Waals surface area contributed by atoms with Gasteiger partial charge in [-0.1, -0.05) is 52.8 Å². The third kappa shape index (κ3) is 7.79. The molecule has 33 heavy (non-hydrogen) atoms. The van der Waals surface area contributed by atoms with Crippen molar-refractivity contribution in [2.45, 2.75) is 46.1 Å². The van der Waals surface area contributed by atoms with Gasteiger partial charge >= 0.3 is 6.03 Å². The largest absolute Gasteiger partial charge is 0.340 e. The second-order valence-corrected chi connectivity index (χ2v) is 9.21. The average molecular weight is 451 g/mol. The lowest BCUT2D eigenvalue weighted by Gasteiger charge is -2.22. The van der Waals surface area contributed by atoms with Crippen LogP contribution in [-0.2, 0) is 10.2 Å². The summed E-state index contributed by atoms with van der Waals surface area (Å²) < 4.78 is 0. The Bertz CT molecular complexity index is 974. The number of amides is 4. The summed E-state index contributed by atoms with van der Waals surface area (Å²) >= 11 is 0. The minimum Gasteiger partial charge on any atom is -0.340 e. The third-order valence-electron chi connectivity index (χ3n) is 5.07. The molecule has 0 bridgehead atoms. The molecule has 2 rings (SSSR count). The van der Waals surface area contributed by atoms with Gasteiger partial charge in [-0.3, -0.25) is 9.59 Å². The summed E-state index contributed by atoms with van der Waals surface area (Å²) in [7, 11) is 0. The molecule has 0 radical (unpaired) electrons. The van der Waals surface area contributed by atoms with Crippen molar-refractivity contribution in [2.24, 2.45) is 5.92 Å². The van der Waals surface area contributed by atoms with Crippen molar-refractivity contribution >= 4 is 29.2 Å². The van der Waals surface area contributed by atoms with Crippen molar-refractivity contribution in [3.63, 3.8) is 0 Å². The van der Waals surface area contributed by atoms with Crippen LogP contribution in [0, 0.1) is 5.92 Å². The molecule has 7 nitrogen and oxygen atoms in total. The summed E-state index contributed by atoms with van der Waals surface area (Å²) in [5.74, 6) is -0.721. The predicted octanol–water partition coefficient (Wildman–Crippen LogP) is 4.68. The number of hydrogen-bond acceptors (Lipinski definition) is 3. The monoisotopic (exact) mass is 450 g/mol. The predicted molar refractivity (Wildman–Crippen MR) is 134 cm³/mol. The van der Waals surface area contributed by atoms with Crippen molar-refractivity contribution < 1.29 is 14.4 Å². The number of hydrogen-bond donors (Lipinski definition) is 4. The van der Waals surface area contributed by atoms with E-state index in [1.807, 2.05) is 26.0 Å². The first-order valence-electron chi connectivity index (χ1n) is 11.0. The molecular weight excluding hydrogens is 416 g/mol. The van der Waals surface area contributed by atoms with Gasteiger partial charge in [-0.25, -0.2) is 4.79 Å². The van der Waals surface area contributed by atoms with Gasteiger partial charge in [0.05, 0.1) is 0 Å². The molecule has 2 aromatic rings. The van der Waals surface area contributed by atoms with Crippen LogP contribution < -0.4 is 21.3 Å². The van der Waals surface area contributed by atoms with E-state index in [1.54, 1.807) is 42.5 Å². The van der Waals surface area contributed by atoms with Gasteiger partial charge < -0.3 is 21.3 Å². The van der Waals surface area contributed by atoms with Crippen molar-refractivity contribution in [3.05, 3.63) is 72.3 Å². The Kier molecular flexibility index (Phi) is 8.79. The lowest BCUT2D eigenvalue weighted by molar-refractivity contribution is -0.118. The van der Waals surface area contributed by atoms with Crippen molar-refractivity contribution in [1.82, 2.24) is 10.6 Å². The molecule has 0 aliphatic rings. The molecule has 0 heterocycles. The fourth-order valence-corrected chi connectivity index (χ4v) is 3.08. The fourth-order valence-electron chi connectivity index (χ4n) is 3.08. The quantitative estimate of drug-likeness (QED) is 0.439. The first-order valence-corrected chi connectivity index (χ1v) is 11.0. The molecule has 0 aliphatic heterocycles. The van der Waals surface area contributed by atoms with E-state index in [2.05, 4.69) is 48.6 Å². The van der Waals surface area contributed by atoms with Crippen LogP contribution in [0.2, 0.25) is 0 Å². The highest BCUT2D eigenvalue weighted by molar-refractivity contribution is 6.01. The molecule has 2 aromatic carbocycles. The van der Waals surface area contributed by atoms with E-state index in [0.29, 0.717) is 23.5 Å². The number of nitrogens with one attached hydrogen (secondary N) is 4. The summed E-state index contributed by atoms with van der Waals surface area (Å²) in [5.41, 5.74) is 2.78. The van der Waals surface area contributed by atoms with Crippen LogP contribution in [0.4, 0.5) is 16.2 Å². The summed E-state index contributed by atoms with van der Waals surface area (Å²) in [6.07, 6.45) is 1.59. The zero-order chi connectivity index (χ0) is 24.6. The molecule has 7 heteroatoms. The normalized spacial score (nSPS) is 11.9. The van der Waals surface area contributed by atoms with Crippen LogP contribution in [0.25, 0.3) is 0 Å². The highest BCUT2D eigenvalue weighted by Gasteiger charge is 2.25. The van der Waals surface area contributed by atoms with Crippen LogP contribution in [0.15, 0.2) is 61.2 Å². The summed E-state index contributed by atoms with van der Waals surface area (Å²) in [5, 5.41) is 11.0. The molecule has 0 fully saturated rings. The van der Waals surface area contributed by atoms with Crippen LogP contribution in [0.5, 0.6) is 0 Å². The van der Waals surface area contributed by atoms with Crippen molar-refractivity contribution in [2.75, 3.05) is 17.2 Å². The molecule has 0 spiro atoms. The first-order chi connectivity index (χ1) is 15.5. The Morgan fingerprint density at radius 3 is 1.94 bits per heavy atom. The first kappa shape index (κ1) is 25.6. The van der Waals surface area contributed by atoms with Gasteiger partial charge in [0.15, 0.2) is 0 Å². The molecular formula is C26H34N4O3. The van der Waals surface area contributed by atoms with Gasteiger partial charge in [0, 0.05) is 23.5 Å². The summed E-state index contributed by atoms with van der Waals surface area (Å²) in [4.78, 5) is 37.3. The number of carbonyl (C=O) groups is 3. The van der Waals surface area contributed by atoms with E-state index < -0.39 is 6.04 Å². The van der Waals surface area contributed by atoms with Crippen LogP contribution >= 0.6 is 0 Å². The topological polar surface area (TPSA) is 99.3 Å². The number of benzene rings is 2. The molecule has 0 aromatic heterocycles. The lowest BCUT2D eigenvalue weighted by Crippen LogP contribution is -2.47. The Labute approximate surface area is 196 Å². The van der Waals surface area contributed by atoms with Crippen molar-refractivity contribution in [1.29, 1.82) is 0 Å². The smallest absolute Gasteiger partial charge is 0.319 e. The molecule has 0 saturated heterocycles. The average Bonchev–Trinajstić information content (AvgIpc) is 2.76. The number of urea groups is 1. The second-order valence-electron chi connectivity index (χ2n) is 9.21. The third-order valence-corrected chi connectivity index (χ3v) is 5.07. The van der Waals surface area contributed by atoms with Crippen LogP contribution in [0.1, 0.15) is 50.5 Å². The number of rotatable bonds is 8. The van der Waals surface area contributed by atoms with E-state index in [-0.39, 0.29) is 29.2 Å². The van der Waals surface area contributed by atoms with Gasteiger partial charge in [0.25, 0.3) is 5.91 Å². The van der Waals surface area contributed by atoms with Gasteiger partial charge in [-0.2, -0.15) is 0 Å². The molecule has 4 amide bonds. The van der Waals surface area contributed by atoms with Gasteiger partial charge in [-0.15, -0.1) is 6.58 Å². The van der Waals surface area contributed by atoms with Gasteiger partial charge in [-0.05, 0) is 53.3 Å². The number of carbonyl (C=O) groups excluding carboxylic acids is 3. The van der Waals surface area contributed by atoms with E-state index in [4.69, 9.17) is 0 Å². The Hall–Kier alpha value is -3.61.